The van der Waals surface area contributed by atoms with Gasteiger partial charge in [0.05, 0.1) is 42.0 Å². The normalized spacial score (nSPS) is 19.0. The molecule has 2 aromatic carbocycles. The molecule has 2 aliphatic rings. The van der Waals surface area contributed by atoms with Gasteiger partial charge in [-0.2, -0.15) is 5.26 Å². The quantitative estimate of drug-likeness (QED) is 0.695. The van der Waals surface area contributed by atoms with E-state index in [2.05, 4.69) is 49.1 Å². The van der Waals surface area contributed by atoms with Gasteiger partial charge in [-0.1, -0.05) is 62.0 Å². The molecule has 0 N–H and O–H groups in total. The fraction of sp³-hybridized carbons (Fsp3) is 0.333. The van der Waals surface area contributed by atoms with Crippen LogP contribution < -0.4 is 9.64 Å². The minimum Gasteiger partial charge on any atom is -0.495 e. The number of ether oxygens (including phenoxy) is 1. The maximum Gasteiger partial charge on any atom is 0.229 e. The van der Waals surface area contributed by atoms with Gasteiger partial charge < -0.3 is 9.64 Å². The lowest BCUT2D eigenvalue weighted by atomic mass is 9.85. The maximum atomic E-state index is 13.1. The molecule has 0 aliphatic carbocycles. The predicted octanol–water partition coefficient (Wildman–Crippen LogP) is 5.04. The number of allylic oxidation sites excluding steroid dienone is 1. The van der Waals surface area contributed by atoms with Crippen molar-refractivity contribution in [3.8, 4) is 11.8 Å². The lowest BCUT2D eigenvalue weighted by molar-refractivity contribution is -0.129. The zero-order valence-electron chi connectivity index (χ0n) is 17.5. The Morgan fingerprint density at radius 1 is 1.17 bits per heavy atom. The van der Waals surface area contributed by atoms with Crippen molar-refractivity contribution < 1.29 is 9.53 Å². The van der Waals surface area contributed by atoms with Crippen molar-refractivity contribution in [3.63, 3.8) is 0 Å². The first-order valence-corrected chi connectivity index (χ1v) is 11.1. The third-order valence-corrected chi connectivity index (χ3v) is 6.88. The molecule has 154 valence electrons. The highest BCUT2D eigenvalue weighted by atomic mass is 32.2. The van der Waals surface area contributed by atoms with Gasteiger partial charge in [0.1, 0.15) is 5.75 Å². The molecule has 1 atom stereocenters. The van der Waals surface area contributed by atoms with Crippen LogP contribution in [-0.2, 0) is 4.79 Å². The van der Waals surface area contributed by atoms with E-state index in [-0.39, 0.29) is 11.8 Å². The molecule has 5 nitrogen and oxygen atoms in total. The van der Waals surface area contributed by atoms with Crippen LogP contribution in [0.5, 0.6) is 5.75 Å². The van der Waals surface area contributed by atoms with Crippen LogP contribution >= 0.6 is 11.8 Å². The van der Waals surface area contributed by atoms with Crippen molar-refractivity contribution >= 4 is 23.4 Å². The number of rotatable bonds is 4. The Bertz CT molecular complexity index is 1020. The molecule has 0 aromatic heterocycles. The molecule has 0 unspecified atom stereocenters. The Kier molecular flexibility index (Phi) is 5.74. The summed E-state index contributed by atoms with van der Waals surface area (Å²) in [4.78, 5) is 16.9. The summed E-state index contributed by atoms with van der Waals surface area (Å²) in [6.07, 6.45) is 0.313. The van der Waals surface area contributed by atoms with Gasteiger partial charge >= 0.3 is 0 Å². The van der Waals surface area contributed by atoms with Crippen LogP contribution in [0.1, 0.15) is 43.2 Å². The summed E-state index contributed by atoms with van der Waals surface area (Å²) < 4.78 is 5.49. The molecule has 6 heteroatoms. The van der Waals surface area contributed by atoms with E-state index in [0.717, 1.165) is 22.0 Å². The van der Waals surface area contributed by atoms with E-state index < -0.39 is 0 Å². The number of anilines is 1. The lowest BCUT2D eigenvalue weighted by Gasteiger charge is -2.42. The first-order chi connectivity index (χ1) is 14.5. The number of carbonyl (C=O) groups excluding carboxylic acids is 1. The van der Waals surface area contributed by atoms with Crippen LogP contribution in [0.4, 0.5) is 5.69 Å². The molecule has 0 radical (unpaired) electrons. The van der Waals surface area contributed by atoms with Gasteiger partial charge in [0.15, 0.2) is 0 Å². The minimum absolute atomic E-state index is 0.0500. The average molecular weight is 420 g/mol. The highest BCUT2D eigenvalue weighted by Crippen LogP contribution is 2.44. The number of fused-ring (bicyclic) bond motifs is 1. The first-order valence-electron chi connectivity index (χ1n) is 10.1. The molecule has 0 spiro atoms. The molecule has 2 aromatic rings. The van der Waals surface area contributed by atoms with Crippen LogP contribution in [0.2, 0.25) is 0 Å². The Balaban J connectivity index is 1.64. The zero-order chi connectivity index (χ0) is 21.3. The van der Waals surface area contributed by atoms with Crippen LogP contribution in [0.15, 0.2) is 59.1 Å². The number of hydrogen-bond acceptors (Lipinski definition) is 5. The van der Waals surface area contributed by atoms with Crippen LogP contribution in [-0.4, -0.2) is 30.5 Å². The van der Waals surface area contributed by atoms with Gasteiger partial charge in [-0.15, -0.1) is 0 Å². The second-order valence-electron chi connectivity index (χ2n) is 7.86. The van der Waals surface area contributed by atoms with Crippen molar-refractivity contribution in [2.45, 2.75) is 32.1 Å². The summed E-state index contributed by atoms with van der Waals surface area (Å²) in [6, 6.07) is 18.6. The standard InChI is InChI=1S/C24H25N3O2S/c1-16(2)17-8-10-18(11-9-17)19-12-23(28)27-14-26(15-30-24(27)20(19)13-25)21-6-4-5-7-22(21)29-3/h4-11,16,19H,12,14-15H2,1-3H3/t19-/m0/s1. The van der Waals surface area contributed by atoms with Crippen molar-refractivity contribution in [2.24, 2.45) is 0 Å². The molecule has 2 heterocycles. The number of nitrogens with zero attached hydrogens (tertiary/aromatic N) is 3. The Morgan fingerprint density at radius 2 is 1.90 bits per heavy atom. The van der Waals surface area contributed by atoms with E-state index in [1.807, 2.05) is 24.3 Å². The zero-order valence-corrected chi connectivity index (χ0v) is 18.3. The topological polar surface area (TPSA) is 56.6 Å². The van der Waals surface area contributed by atoms with Gasteiger partial charge in [-0.3, -0.25) is 9.69 Å². The smallest absolute Gasteiger partial charge is 0.229 e. The molecule has 0 saturated carbocycles. The van der Waals surface area contributed by atoms with E-state index in [4.69, 9.17) is 4.74 Å². The largest absolute Gasteiger partial charge is 0.495 e. The number of para-hydroxylation sites is 2. The third-order valence-electron chi connectivity index (χ3n) is 5.72. The van der Waals surface area contributed by atoms with E-state index >= 15 is 0 Å². The van der Waals surface area contributed by atoms with Gasteiger partial charge in [-0.05, 0) is 29.2 Å². The lowest BCUT2D eigenvalue weighted by Crippen LogP contribution is -2.47. The highest BCUT2D eigenvalue weighted by Gasteiger charge is 2.38. The fourth-order valence-corrected chi connectivity index (χ4v) is 5.16. The first kappa shape index (κ1) is 20.4. The van der Waals surface area contributed by atoms with E-state index in [1.165, 1.54) is 5.56 Å². The summed E-state index contributed by atoms with van der Waals surface area (Å²) in [5, 5.41) is 10.8. The number of nitriles is 1. The molecular formula is C24H25N3O2S. The molecule has 30 heavy (non-hydrogen) atoms. The Hall–Kier alpha value is -2.91. The van der Waals surface area contributed by atoms with Crippen LogP contribution in [0.3, 0.4) is 0 Å². The van der Waals surface area contributed by atoms with E-state index in [0.29, 0.717) is 30.5 Å². The van der Waals surface area contributed by atoms with Crippen LogP contribution in [0, 0.1) is 11.3 Å². The number of amides is 1. The van der Waals surface area contributed by atoms with E-state index in [9.17, 15) is 10.1 Å². The Morgan fingerprint density at radius 3 is 2.57 bits per heavy atom. The van der Waals surface area contributed by atoms with Crippen LogP contribution in [0.25, 0.3) is 0 Å². The van der Waals surface area contributed by atoms with Gasteiger partial charge in [0.2, 0.25) is 5.91 Å². The number of methoxy groups -OCH3 is 1. The number of benzene rings is 2. The Labute approximate surface area is 181 Å². The number of carbonyl (C=O) groups is 1. The second kappa shape index (κ2) is 8.45. The molecule has 1 saturated heterocycles. The number of thioether (sulfide) groups is 1. The predicted molar refractivity (Wildman–Crippen MR) is 120 cm³/mol. The van der Waals surface area contributed by atoms with Crippen molar-refractivity contribution in [3.05, 3.63) is 70.3 Å². The van der Waals surface area contributed by atoms with Crippen molar-refractivity contribution in [2.75, 3.05) is 24.6 Å². The minimum atomic E-state index is -0.180. The second-order valence-corrected chi connectivity index (χ2v) is 8.79. The molecule has 1 amide bonds. The summed E-state index contributed by atoms with van der Waals surface area (Å²) in [7, 11) is 1.65. The SMILES string of the molecule is COc1ccccc1N1CSC2=C(C#N)[C@H](c3ccc(C(C)C)cc3)CC(=O)N2C1. The summed E-state index contributed by atoms with van der Waals surface area (Å²) in [6.45, 7) is 4.74. The highest BCUT2D eigenvalue weighted by molar-refractivity contribution is 8.03. The third kappa shape index (κ3) is 3.66. The maximum absolute atomic E-state index is 13.1. The van der Waals surface area contributed by atoms with Crippen molar-refractivity contribution in [1.82, 2.24) is 4.90 Å². The molecule has 0 bridgehead atoms. The summed E-state index contributed by atoms with van der Waals surface area (Å²) in [5.74, 6) is 1.75. The monoisotopic (exact) mass is 419 g/mol. The molecular weight excluding hydrogens is 394 g/mol. The van der Waals surface area contributed by atoms with Crippen molar-refractivity contribution in [1.29, 1.82) is 5.26 Å². The van der Waals surface area contributed by atoms with E-state index in [1.54, 1.807) is 23.8 Å². The summed E-state index contributed by atoms with van der Waals surface area (Å²) in [5.41, 5.74) is 3.93. The molecule has 4 rings (SSSR count). The molecule has 1 fully saturated rings. The average Bonchev–Trinajstić information content (AvgIpc) is 2.78. The molecule has 2 aliphatic heterocycles. The van der Waals surface area contributed by atoms with Gasteiger partial charge in [-0.25, -0.2) is 0 Å². The van der Waals surface area contributed by atoms with Gasteiger partial charge in [0, 0.05) is 12.3 Å². The fourth-order valence-electron chi connectivity index (χ4n) is 4.00. The number of hydrogen-bond donors (Lipinski definition) is 0. The van der Waals surface area contributed by atoms with Gasteiger partial charge in [0.25, 0.3) is 0 Å². The summed E-state index contributed by atoms with van der Waals surface area (Å²) >= 11 is 1.54.